The van der Waals surface area contributed by atoms with Gasteiger partial charge in [0.05, 0.1) is 12.5 Å². The highest BCUT2D eigenvalue weighted by molar-refractivity contribution is 5.90. The van der Waals surface area contributed by atoms with Crippen LogP contribution >= 0.6 is 0 Å². The molecule has 1 aromatic heterocycles. The lowest BCUT2D eigenvalue weighted by atomic mass is 9.97. The van der Waals surface area contributed by atoms with Gasteiger partial charge in [0.2, 0.25) is 0 Å². The first-order valence-corrected chi connectivity index (χ1v) is 9.74. The zero-order valence-corrected chi connectivity index (χ0v) is 16.8. The second-order valence-corrected chi connectivity index (χ2v) is 6.63. The number of hydrogen-bond donors (Lipinski definition) is 1. The molecule has 0 radical (unpaired) electrons. The molecule has 0 fully saturated rings. The second kappa shape index (κ2) is 9.73. The molecule has 0 aliphatic rings. The third-order valence-corrected chi connectivity index (χ3v) is 4.62. The molecular formula is C23H23NO6. The largest absolute Gasteiger partial charge is 0.460 e. The fraction of sp³-hybridized carbons (Fsp3) is 0.261. The molecule has 7 nitrogen and oxygen atoms in total. The Hall–Kier alpha value is -3.61. The van der Waals surface area contributed by atoms with E-state index in [-0.39, 0.29) is 30.7 Å². The minimum absolute atomic E-state index is 0.0606. The van der Waals surface area contributed by atoms with Gasteiger partial charge in [-0.2, -0.15) is 0 Å². The van der Waals surface area contributed by atoms with E-state index in [0.717, 1.165) is 5.56 Å². The third kappa shape index (κ3) is 5.05. The van der Waals surface area contributed by atoms with Crippen molar-refractivity contribution in [1.29, 1.82) is 0 Å². The van der Waals surface area contributed by atoms with Gasteiger partial charge in [-0.3, -0.25) is 10.1 Å². The summed E-state index contributed by atoms with van der Waals surface area (Å²) >= 11 is 0. The van der Waals surface area contributed by atoms with Crippen LogP contribution in [0.15, 0.2) is 63.8 Å². The van der Waals surface area contributed by atoms with Gasteiger partial charge in [-0.1, -0.05) is 37.3 Å². The summed E-state index contributed by atoms with van der Waals surface area (Å²) in [5, 5.41) is 3.17. The minimum atomic E-state index is -0.601. The normalized spacial score (nSPS) is 11.7. The molecule has 2 aromatic carbocycles. The van der Waals surface area contributed by atoms with Gasteiger partial charge in [-0.15, -0.1) is 0 Å². The highest BCUT2D eigenvalue weighted by Gasteiger charge is 2.20. The molecule has 0 unspecified atom stereocenters. The Balaban J connectivity index is 1.79. The maximum Gasteiger partial charge on any atom is 0.411 e. The van der Waals surface area contributed by atoms with Crippen LogP contribution in [-0.4, -0.2) is 18.7 Å². The number of fused-ring (bicyclic) bond motifs is 1. The molecule has 0 saturated carbocycles. The predicted octanol–water partition coefficient (Wildman–Crippen LogP) is 4.60. The van der Waals surface area contributed by atoms with Crippen LogP contribution < -0.4 is 10.9 Å². The number of esters is 1. The molecule has 0 spiro atoms. The summed E-state index contributed by atoms with van der Waals surface area (Å²) in [7, 11) is 0. The zero-order chi connectivity index (χ0) is 21.5. The summed E-state index contributed by atoms with van der Waals surface area (Å²) in [6, 6.07) is 15.6. The van der Waals surface area contributed by atoms with E-state index in [1.54, 1.807) is 19.1 Å². The van der Waals surface area contributed by atoms with Gasteiger partial charge in [0.25, 0.3) is 0 Å². The van der Waals surface area contributed by atoms with Crippen LogP contribution in [0.1, 0.15) is 37.3 Å². The zero-order valence-electron chi connectivity index (χ0n) is 16.8. The predicted molar refractivity (Wildman–Crippen MR) is 112 cm³/mol. The summed E-state index contributed by atoms with van der Waals surface area (Å²) in [6.45, 7) is 3.80. The van der Waals surface area contributed by atoms with Crippen LogP contribution in [0.3, 0.4) is 0 Å². The van der Waals surface area contributed by atoms with Crippen molar-refractivity contribution in [3.63, 3.8) is 0 Å². The van der Waals surface area contributed by atoms with Gasteiger partial charge < -0.3 is 13.9 Å². The van der Waals surface area contributed by atoms with E-state index in [9.17, 15) is 14.4 Å². The lowest BCUT2D eigenvalue weighted by molar-refractivity contribution is -0.146. The van der Waals surface area contributed by atoms with Gasteiger partial charge in [-0.05, 0) is 31.0 Å². The Labute approximate surface area is 173 Å². The first-order valence-electron chi connectivity index (χ1n) is 9.74. The van der Waals surface area contributed by atoms with E-state index < -0.39 is 11.7 Å². The number of ether oxygens (including phenoxy) is 2. The Morgan fingerprint density at radius 1 is 1.03 bits per heavy atom. The van der Waals surface area contributed by atoms with E-state index in [4.69, 9.17) is 13.9 Å². The number of benzene rings is 2. The molecule has 1 heterocycles. The molecule has 30 heavy (non-hydrogen) atoms. The average molecular weight is 409 g/mol. The van der Waals surface area contributed by atoms with Crippen molar-refractivity contribution in [3.05, 3.63) is 76.1 Å². The number of anilines is 1. The number of amides is 1. The maximum atomic E-state index is 12.6. The number of carbonyl (C=O) groups excluding carboxylic acids is 2. The summed E-state index contributed by atoms with van der Waals surface area (Å²) in [5.74, 6) is -0.733. The Morgan fingerprint density at radius 2 is 1.80 bits per heavy atom. The molecule has 0 saturated heterocycles. The van der Waals surface area contributed by atoms with E-state index in [1.807, 2.05) is 37.3 Å². The third-order valence-electron chi connectivity index (χ3n) is 4.62. The highest BCUT2D eigenvalue weighted by Crippen LogP contribution is 2.24. The Kier molecular flexibility index (Phi) is 6.85. The van der Waals surface area contributed by atoms with Crippen LogP contribution in [0.5, 0.6) is 0 Å². The fourth-order valence-electron chi connectivity index (χ4n) is 3.19. The number of carbonyl (C=O) groups is 2. The van der Waals surface area contributed by atoms with Crippen LogP contribution in [0.2, 0.25) is 0 Å². The van der Waals surface area contributed by atoms with Gasteiger partial charge in [0.15, 0.2) is 0 Å². The van der Waals surface area contributed by atoms with E-state index in [0.29, 0.717) is 23.1 Å². The molecule has 3 rings (SSSR count). The quantitative estimate of drug-likeness (QED) is 0.453. The van der Waals surface area contributed by atoms with E-state index in [1.165, 1.54) is 12.1 Å². The Bertz CT molecular complexity index is 1090. The summed E-state index contributed by atoms with van der Waals surface area (Å²) in [6.07, 6.45) is -0.000503. The van der Waals surface area contributed by atoms with Crippen molar-refractivity contribution in [2.24, 2.45) is 0 Å². The summed E-state index contributed by atoms with van der Waals surface area (Å²) in [5.41, 5.74) is 1.54. The molecule has 0 aliphatic carbocycles. The highest BCUT2D eigenvalue weighted by atomic mass is 16.5. The molecule has 1 atom stereocenters. The van der Waals surface area contributed by atoms with Crippen LogP contribution in [0.4, 0.5) is 10.5 Å². The lowest BCUT2D eigenvalue weighted by Gasteiger charge is -2.15. The molecule has 156 valence electrons. The van der Waals surface area contributed by atoms with Gasteiger partial charge in [0.1, 0.15) is 12.2 Å². The average Bonchev–Trinajstić information content (AvgIpc) is 2.73. The minimum Gasteiger partial charge on any atom is -0.460 e. The number of nitrogens with one attached hydrogen (secondary N) is 1. The van der Waals surface area contributed by atoms with Crippen LogP contribution in [-0.2, 0) is 20.9 Å². The molecule has 1 amide bonds. The standard InChI is InChI=1S/C23H23NO6/c1-3-18(15-8-6-5-7-9-15)22(26)29-14-16-12-21(25)30-20-13-17(10-11-19(16)20)24-23(27)28-4-2/h5-13,18H,3-4,14H2,1-2H3,(H,24,27)/t18-/m1/s1. The maximum absolute atomic E-state index is 12.6. The van der Waals surface area contributed by atoms with E-state index in [2.05, 4.69) is 5.32 Å². The van der Waals surface area contributed by atoms with Crippen molar-refractivity contribution in [2.75, 3.05) is 11.9 Å². The molecule has 0 bridgehead atoms. The molecular weight excluding hydrogens is 386 g/mol. The second-order valence-electron chi connectivity index (χ2n) is 6.63. The van der Waals surface area contributed by atoms with Gasteiger partial charge in [-0.25, -0.2) is 9.59 Å². The smallest absolute Gasteiger partial charge is 0.411 e. The Morgan fingerprint density at radius 3 is 2.50 bits per heavy atom. The molecule has 0 aliphatic heterocycles. The topological polar surface area (TPSA) is 94.8 Å². The summed E-state index contributed by atoms with van der Waals surface area (Å²) in [4.78, 5) is 36.2. The van der Waals surface area contributed by atoms with Crippen molar-refractivity contribution >= 4 is 28.7 Å². The number of hydrogen-bond acceptors (Lipinski definition) is 6. The molecule has 1 N–H and O–H groups in total. The monoisotopic (exact) mass is 409 g/mol. The molecule has 3 aromatic rings. The lowest BCUT2D eigenvalue weighted by Crippen LogP contribution is -2.16. The van der Waals surface area contributed by atoms with Crippen LogP contribution in [0.25, 0.3) is 11.0 Å². The van der Waals surface area contributed by atoms with E-state index >= 15 is 0 Å². The molecule has 7 heteroatoms. The van der Waals surface area contributed by atoms with Crippen molar-refractivity contribution in [3.8, 4) is 0 Å². The van der Waals surface area contributed by atoms with Gasteiger partial charge in [0, 0.05) is 28.8 Å². The first kappa shape index (κ1) is 21.1. The fourth-order valence-corrected chi connectivity index (χ4v) is 3.19. The van der Waals surface area contributed by atoms with Crippen molar-refractivity contribution in [2.45, 2.75) is 32.8 Å². The van der Waals surface area contributed by atoms with Gasteiger partial charge >= 0.3 is 17.7 Å². The summed E-state index contributed by atoms with van der Waals surface area (Å²) < 4.78 is 15.6. The van der Waals surface area contributed by atoms with Crippen molar-refractivity contribution < 1.29 is 23.5 Å². The van der Waals surface area contributed by atoms with Crippen molar-refractivity contribution in [1.82, 2.24) is 0 Å². The number of rotatable bonds is 7. The SMILES string of the molecule is CCOC(=O)Nc1ccc2c(COC(=O)[C@H](CC)c3ccccc3)cc(=O)oc2c1. The first-order chi connectivity index (χ1) is 14.5. The van der Waals surface area contributed by atoms with Crippen LogP contribution in [0, 0.1) is 0 Å².